The van der Waals surface area contributed by atoms with Gasteiger partial charge in [0.05, 0.1) is 5.69 Å². The van der Waals surface area contributed by atoms with Gasteiger partial charge in [-0.3, -0.25) is 9.89 Å². The molecule has 0 radical (unpaired) electrons. The summed E-state index contributed by atoms with van der Waals surface area (Å²) in [4.78, 5) is 15.7. The van der Waals surface area contributed by atoms with Crippen molar-refractivity contribution in [2.24, 2.45) is 0 Å². The highest BCUT2D eigenvalue weighted by Gasteiger charge is 2.17. The fourth-order valence-electron chi connectivity index (χ4n) is 2.23. The fraction of sp³-hybridized carbons (Fsp3) is 0.455. The van der Waals surface area contributed by atoms with Crippen LogP contribution in [0.2, 0.25) is 0 Å². The predicted molar refractivity (Wildman–Crippen MR) is 74.9 cm³/mol. The van der Waals surface area contributed by atoms with Gasteiger partial charge >= 0.3 is 0 Å². The first-order chi connectivity index (χ1) is 7.84. The van der Waals surface area contributed by atoms with E-state index in [9.17, 15) is 4.79 Å². The van der Waals surface area contributed by atoms with Crippen LogP contribution in [0.15, 0.2) is 23.1 Å². The summed E-state index contributed by atoms with van der Waals surface area (Å²) >= 11 is 0. The Morgan fingerprint density at radius 1 is 1.33 bits per heavy atom. The Bertz CT molecular complexity index is 559. The number of halogens is 2. The molecule has 0 amide bonds. The molecule has 0 spiro atoms. The minimum absolute atomic E-state index is 0. The van der Waals surface area contributed by atoms with Crippen molar-refractivity contribution >= 4 is 30.5 Å². The van der Waals surface area contributed by atoms with Gasteiger partial charge in [0, 0.05) is 24.4 Å². The van der Waals surface area contributed by atoms with Gasteiger partial charge in [-0.1, -0.05) is 6.42 Å². The molecule has 2 aromatic heterocycles. The van der Waals surface area contributed by atoms with Crippen LogP contribution in [-0.4, -0.2) is 21.1 Å². The monoisotopic (exact) mass is 290 g/mol. The summed E-state index contributed by atoms with van der Waals surface area (Å²) < 4.78 is 1.49. The lowest BCUT2D eigenvalue weighted by Crippen LogP contribution is -2.27. The summed E-state index contributed by atoms with van der Waals surface area (Å²) in [6.07, 6.45) is 5.12. The van der Waals surface area contributed by atoms with Crippen molar-refractivity contribution in [3.05, 3.63) is 34.4 Å². The molecule has 1 aliphatic heterocycles. The highest BCUT2D eigenvalue weighted by molar-refractivity contribution is 5.85. The zero-order valence-corrected chi connectivity index (χ0v) is 11.4. The smallest absolute Gasteiger partial charge is 0.272 e. The molecule has 1 atom stereocenters. The van der Waals surface area contributed by atoms with Crippen molar-refractivity contribution in [1.82, 2.24) is 19.9 Å². The lowest BCUT2D eigenvalue weighted by Gasteiger charge is -2.21. The zero-order chi connectivity index (χ0) is 11.0. The zero-order valence-electron chi connectivity index (χ0n) is 9.76. The Balaban J connectivity index is 0.000000810. The third-order valence-corrected chi connectivity index (χ3v) is 3.08. The average molecular weight is 291 g/mol. The molecule has 1 aliphatic rings. The first-order valence-electron chi connectivity index (χ1n) is 5.65. The topological polar surface area (TPSA) is 62.2 Å². The number of hydrogen-bond donors (Lipinski definition) is 2. The number of H-pyrrole nitrogens is 1. The molecule has 3 rings (SSSR count). The van der Waals surface area contributed by atoms with E-state index in [4.69, 9.17) is 0 Å². The first kappa shape index (κ1) is 15.0. The Morgan fingerprint density at radius 3 is 2.83 bits per heavy atom. The Hall–Kier alpha value is -1.04. The van der Waals surface area contributed by atoms with Crippen LogP contribution in [0.5, 0.6) is 0 Å². The van der Waals surface area contributed by atoms with Crippen molar-refractivity contribution in [2.75, 3.05) is 6.54 Å². The Kier molecular flexibility index (Phi) is 5.19. The van der Waals surface area contributed by atoms with E-state index in [1.54, 1.807) is 6.20 Å². The highest BCUT2D eigenvalue weighted by atomic mass is 35.5. The predicted octanol–water partition coefficient (Wildman–Crippen LogP) is 1.68. The molecule has 1 saturated heterocycles. The van der Waals surface area contributed by atoms with E-state index in [2.05, 4.69) is 15.4 Å². The number of rotatable bonds is 1. The van der Waals surface area contributed by atoms with Gasteiger partial charge in [-0.05, 0) is 19.4 Å². The van der Waals surface area contributed by atoms with Crippen molar-refractivity contribution in [2.45, 2.75) is 25.3 Å². The molecule has 100 valence electrons. The normalized spacial score (nSPS) is 19.0. The number of nitrogens with zero attached hydrogens (tertiary/aromatic N) is 2. The lowest BCUT2D eigenvalue weighted by atomic mass is 10.0. The molecule has 3 heterocycles. The van der Waals surface area contributed by atoms with E-state index >= 15 is 0 Å². The minimum atomic E-state index is -0.0629. The van der Waals surface area contributed by atoms with Crippen LogP contribution in [0.3, 0.4) is 0 Å². The third kappa shape index (κ3) is 2.68. The fourth-order valence-corrected chi connectivity index (χ4v) is 2.23. The summed E-state index contributed by atoms with van der Waals surface area (Å²) in [6.45, 7) is 1.04. The third-order valence-electron chi connectivity index (χ3n) is 3.08. The van der Waals surface area contributed by atoms with Crippen molar-refractivity contribution < 1.29 is 0 Å². The van der Waals surface area contributed by atoms with Gasteiger partial charge < -0.3 is 5.32 Å². The summed E-state index contributed by atoms with van der Waals surface area (Å²) in [6, 6.07) is 3.74. The second-order valence-corrected chi connectivity index (χ2v) is 4.19. The SMILES string of the molecule is Cl.Cl.O=c1ccnc2cc(C3CCCCN3)[nH]n12. The maximum atomic E-state index is 11.5. The van der Waals surface area contributed by atoms with Crippen LogP contribution in [0.4, 0.5) is 0 Å². The van der Waals surface area contributed by atoms with Crippen LogP contribution >= 0.6 is 24.8 Å². The highest BCUT2D eigenvalue weighted by Crippen LogP contribution is 2.21. The maximum absolute atomic E-state index is 11.5. The quantitative estimate of drug-likeness (QED) is 0.840. The maximum Gasteiger partial charge on any atom is 0.272 e. The molecule has 18 heavy (non-hydrogen) atoms. The molecule has 2 aromatic rings. The second-order valence-electron chi connectivity index (χ2n) is 4.19. The van der Waals surface area contributed by atoms with E-state index in [-0.39, 0.29) is 30.4 Å². The van der Waals surface area contributed by atoms with Crippen LogP contribution in [0, 0.1) is 0 Å². The van der Waals surface area contributed by atoms with Gasteiger partial charge in [0.1, 0.15) is 0 Å². The number of hydrogen-bond acceptors (Lipinski definition) is 3. The second kappa shape index (κ2) is 6.22. The van der Waals surface area contributed by atoms with E-state index in [0.717, 1.165) is 18.7 Å². The molecule has 0 bridgehead atoms. The van der Waals surface area contributed by atoms with Crippen LogP contribution in [0.1, 0.15) is 31.0 Å². The summed E-state index contributed by atoms with van der Waals surface area (Å²) in [5, 5.41) is 6.55. The van der Waals surface area contributed by atoms with Crippen molar-refractivity contribution in [3.8, 4) is 0 Å². The van der Waals surface area contributed by atoms with E-state index in [0.29, 0.717) is 11.7 Å². The number of fused-ring (bicyclic) bond motifs is 1. The van der Waals surface area contributed by atoms with Gasteiger partial charge in [-0.15, -0.1) is 24.8 Å². The number of aromatic amines is 1. The first-order valence-corrected chi connectivity index (χ1v) is 5.65. The molecule has 7 heteroatoms. The van der Waals surface area contributed by atoms with Gasteiger partial charge in [0.15, 0.2) is 5.65 Å². The number of aromatic nitrogens is 3. The molecule has 0 aliphatic carbocycles. The Labute approximate surface area is 117 Å². The molecule has 1 unspecified atom stereocenters. The Morgan fingerprint density at radius 2 is 2.17 bits per heavy atom. The summed E-state index contributed by atoms with van der Waals surface area (Å²) in [7, 11) is 0. The van der Waals surface area contributed by atoms with Crippen LogP contribution in [-0.2, 0) is 0 Å². The standard InChI is InChI=1S/C11H14N4O.2ClH/c16-11-4-6-13-10-7-9(14-15(10)11)8-3-1-2-5-12-8;;/h4,6-8,12,14H,1-3,5H2;2*1H. The molecular weight excluding hydrogens is 275 g/mol. The van der Waals surface area contributed by atoms with Crippen molar-refractivity contribution in [3.63, 3.8) is 0 Å². The van der Waals surface area contributed by atoms with Gasteiger partial charge in [-0.25, -0.2) is 9.50 Å². The van der Waals surface area contributed by atoms with Gasteiger partial charge in [0.25, 0.3) is 5.56 Å². The molecule has 1 fully saturated rings. The molecule has 0 aromatic carbocycles. The molecular formula is C11H16Cl2N4O. The van der Waals surface area contributed by atoms with Crippen LogP contribution < -0.4 is 10.9 Å². The van der Waals surface area contributed by atoms with E-state index < -0.39 is 0 Å². The van der Waals surface area contributed by atoms with E-state index in [1.807, 2.05) is 6.07 Å². The lowest BCUT2D eigenvalue weighted by molar-refractivity contribution is 0.404. The van der Waals surface area contributed by atoms with Crippen LogP contribution in [0.25, 0.3) is 5.65 Å². The molecule has 0 saturated carbocycles. The van der Waals surface area contributed by atoms with Gasteiger partial charge in [0.2, 0.25) is 0 Å². The average Bonchev–Trinajstić information content (AvgIpc) is 2.76. The number of piperidine rings is 1. The molecule has 2 N–H and O–H groups in total. The van der Waals surface area contributed by atoms with Gasteiger partial charge in [-0.2, -0.15) is 0 Å². The largest absolute Gasteiger partial charge is 0.309 e. The molecule has 5 nitrogen and oxygen atoms in total. The summed E-state index contributed by atoms with van der Waals surface area (Å²) in [5.41, 5.74) is 1.68. The summed E-state index contributed by atoms with van der Waals surface area (Å²) in [5.74, 6) is 0. The van der Waals surface area contributed by atoms with E-state index in [1.165, 1.54) is 23.4 Å². The van der Waals surface area contributed by atoms with Crippen molar-refractivity contribution in [1.29, 1.82) is 0 Å². The number of nitrogens with one attached hydrogen (secondary N) is 2. The minimum Gasteiger partial charge on any atom is -0.309 e.